The van der Waals surface area contributed by atoms with Crippen molar-refractivity contribution in [1.29, 1.82) is 0 Å². The standard InChI is InChI=1S/C23H23BrN2O4S/c1-16-12-13-21(30-2)22(14-16)31(28,29)26-20(15-17-8-4-3-5-9-17)23(27)25-19-11-7-6-10-18(19)24/h3-14,20,26H,15H2,1-2H3,(H,25,27)/t20-/m1/s1. The number of sulfonamides is 1. The normalized spacial score (nSPS) is 12.2. The fourth-order valence-electron chi connectivity index (χ4n) is 3.06. The number of carbonyl (C=O) groups excluding carboxylic acids is 1. The van der Waals surface area contributed by atoms with Crippen molar-refractivity contribution in [2.75, 3.05) is 12.4 Å². The van der Waals surface area contributed by atoms with Crippen molar-refractivity contribution in [2.45, 2.75) is 24.3 Å². The summed E-state index contributed by atoms with van der Waals surface area (Å²) in [7, 11) is -2.63. The molecular formula is C23H23BrN2O4S. The number of methoxy groups -OCH3 is 1. The van der Waals surface area contributed by atoms with Gasteiger partial charge in [0, 0.05) is 4.47 Å². The van der Waals surface area contributed by atoms with Crippen LogP contribution >= 0.6 is 15.9 Å². The Labute approximate surface area is 190 Å². The minimum atomic E-state index is -4.04. The average molecular weight is 503 g/mol. The van der Waals surface area contributed by atoms with Gasteiger partial charge in [0.25, 0.3) is 0 Å². The smallest absolute Gasteiger partial charge is 0.245 e. The van der Waals surface area contributed by atoms with Crippen molar-refractivity contribution in [2.24, 2.45) is 0 Å². The SMILES string of the molecule is COc1ccc(C)cc1S(=O)(=O)N[C@H](Cc1ccccc1)C(=O)Nc1ccccc1Br. The van der Waals surface area contributed by atoms with Crippen LogP contribution in [0.3, 0.4) is 0 Å². The second-order valence-corrected chi connectivity index (χ2v) is 9.52. The average Bonchev–Trinajstić information content (AvgIpc) is 2.75. The van der Waals surface area contributed by atoms with E-state index in [0.717, 1.165) is 11.1 Å². The molecule has 0 saturated carbocycles. The van der Waals surface area contributed by atoms with Crippen LogP contribution in [-0.2, 0) is 21.2 Å². The van der Waals surface area contributed by atoms with E-state index in [0.29, 0.717) is 10.2 Å². The van der Waals surface area contributed by atoms with E-state index < -0.39 is 22.0 Å². The van der Waals surface area contributed by atoms with Gasteiger partial charge in [-0.2, -0.15) is 4.72 Å². The number of aryl methyl sites for hydroxylation is 1. The number of anilines is 1. The van der Waals surface area contributed by atoms with E-state index in [-0.39, 0.29) is 17.1 Å². The molecule has 0 unspecified atom stereocenters. The molecule has 3 rings (SSSR count). The van der Waals surface area contributed by atoms with Gasteiger partial charge >= 0.3 is 0 Å². The van der Waals surface area contributed by atoms with E-state index in [9.17, 15) is 13.2 Å². The largest absolute Gasteiger partial charge is 0.495 e. The van der Waals surface area contributed by atoms with Crippen molar-refractivity contribution in [3.8, 4) is 5.75 Å². The summed E-state index contributed by atoms with van der Waals surface area (Å²) in [5.74, 6) is -0.256. The second kappa shape index (κ2) is 10.1. The Morgan fingerprint density at radius 2 is 1.71 bits per heavy atom. The van der Waals surface area contributed by atoms with E-state index in [4.69, 9.17) is 4.74 Å². The molecule has 1 amide bonds. The molecule has 0 fully saturated rings. The van der Waals surface area contributed by atoms with Crippen molar-refractivity contribution in [3.63, 3.8) is 0 Å². The van der Waals surface area contributed by atoms with Gasteiger partial charge < -0.3 is 10.1 Å². The molecule has 0 aliphatic rings. The van der Waals surface area contributed by atoms with E-state index in [1.807, 2.05) is 36.4 Å². The van der Waals surface area contributed by atoms with Gasteiger partial charge in [-0.25, -0.2) is 8.42 Å². The van der Waals surface area contributed by atoms with Gasteiger partial charge in [-0.1, -0.05) is 48.5 Å². The van der Waals surface area contributed by atoms with Crippen molar-refractivity contribution < 1.29 is 17.9 Å². The number of nitrogens with one attached hydrogen (secondary N) is 2. The van der Waals surface area contributed by atoms with Crippen LogP contribution in [0, 0.1) is 6.92 Å². The molecule has 1 atom stereocenters. The van der Waals surface area contributed by atoms with Gasteiger partial charge in [0.1, 0.15) is 16.7 Å². The fourth-order valence-corrected chi connectivity index (χ4v) is 4.90. The van der Waals surface area contributed by atoms with Crippen molar-refractivity contribution in [1.82, 2.24) is 4.72 Å². The van der Waals surface area contributed by atoms with Crippen molar-refractivity contribution in [3.05, 3.63) is 88.4 Å². The lowest BCUT2D eigenvalue weighted by Crippen LogP contribution is -2.45. The number of rotatable bonds is 8. The van der Waals surface area contributed by atoms with Gasteiger partial charge in [0.2, 0.25) is 15.9 Å². The molecule has 0 radical (unpaired) electrons. The predicted octanol–water partition coefficient (Wildman–Crippen LogP) is 4.29. The molecule has 31 heavy (non-hydrogen) atoms. The number of amides is 1. The highest BCUT2D eigenvalue weighted by Gasteiger charge is 2.28. The molecule has 0 spiro atoms. The molecular weight excluding hydrogens is 480 g/mol. The van der Waals surface area contributed by atoms with Crippen LogP contribution in [0.5, 0.6) is 5.75 Å². The van der Waals surface area contributed by atoms with Gasteiger partial charge in [0.05, 0.1) is 12.8 Å². The lowest BCUT2D eigenvalue weighted by molar-refractivity contribution is -0.117. The number of carbonyl (C=O) groups is 1. The number of benzene rings is 3. The Morgan fingerprint density at radius 3 is 2.39 bits per heavy atom. The first-order chi connectivity index (χ1) is 14.8. The first kappa shape index (κ1) is 23.0. The minimum absolute atomic E-state index is 0.0123. The lowest BCUT2D eigenvalue weighted by atomic mass is 10.1. The molecule has 2 N–H and O–H groups in total. The summed E-state index contributed by atoms with van der Waals surface area (Å²) in [6.07, 6.45) is 0.185. The Hall–Kier alpha value is -2.68. The highest BCUT2D eigenvalue weighted by Crippen LogP contribution is 2.26. The molecule has 0 bridgehead atoms. The molecule has 0 aliphatic heterocycles. The summed E-state index contributed by atoms with van der Waals surface area (Å²) in [4.78, 5) is 13.1. The van der Waals surface area contributed by atoms with Crippen LogP contribution in [0.2, 0.25) is 0 Å². The molecule has 6 nitrogen and oxygen atoms in total. The zero-order valence-corrected chi connectivity index (χ0v) is 19.5. The van der Waals surface area contributed by atoms with Gasteiger partial charge in [-0.3, -0.25) is 4.79 Å². The fraction of sp³-hybridized carbons (Fsp3) is 0.174. The Balaban J connectivity index is 1.93. The molecule has 0 heterocycles. The molecule has 162 valence electrons. The van der Waals surface area contributed by atoms with Crippen LogP contribution in [0.25, 0.3) is 0 Å². The first-order valence-corrected chi connectivity index (χ1v) is 11.8. The lowest BCUT2D eigenvalue weighted by Gasteiger charge is -2.20. The van der Waals surface area contributed by atoms with Crippen molar-refractivity contribution >= 4 is 37.5 Å². The maximum Gasteiger partial charge on any atom is 0.245 e. The van der Waals surface area contributed by atoms with Crippen LogP contribution in [0.4, 0.5) is 5.69 Å². The van der Waals surface area contributed by atoms with E-state index in [1.54, 1.807) is 37.3 Å². The maximum absolute atomic E-state index is 13.2. The summed E-state index contributed by atoms with van der Waals surface area (Å²) in [6, 6.07) is 20.2. The molecule has 0 aliphatic carbocycles. The van der Waals surface area contributed by atoms with Gasteiger partial charge in [0.15, 0.2) is 0 Å². The summed E-state index contributed by atoms with van der Waals surface area (Å²) in [6.45, 7) is 1.79. The molecule has 0 aromatic heterocycles. The number of hydrogen-bond acceptors (Lipinski definition) is 4. The third-order valence-corrected chi connectivity index (χ3v) is 6.82. The number of halogens is 1. The third kappa shape index (κ3) is 5.94. The van der Waals surface area contributed by atoms with Crippen LogP contribution in [0.15, 0.2) is 82.2 Å². The molecule has 3 aromatic carbocycles. The first-order valence-electron chi connectivity index (χ1n) is 9.56. The zero-order chi connectivity index (χ0) is 22.4. The maximum atomic E-state index is 13.2. The van der Waals surface area contributed by atoms with E-state index in [2.05, 4.69) is 26.0 Å². The topological polar surface area (TPSA) is 84.5 Å². The van der Waals surface area contributed by atoms with Crippen LogP contribution in [-0.4, -0.2) is 27.5 Å². The molecule has 8 heteroatoms. The predicted molar refractivity (Wildman–Crippen MR) is 125 cm³/mol. The second-order valence-electron chi connectivity index (χ2n) is 6.99. The Bertz CT molecular complexity index is 1170. The Kier molecular flexibility index (Phi) is 7.48. The minimum Gasteiger partial charge on any atom is -0.495 e. The summed E-state index contributed by atoms with van der Waals surface area (Å²) < 4.78 is 34.9. The quantitative estimate of drug-likeness (QED) is 0.480. The number of ether oxygens (including phenoxy) is 1. The van der Waals surface area contributed by atoms with E-state index >= 15 is 0 Å². The van der Waals surface area contributed by atoms with E-state index in [1.165, 1.54) is 13.2 Å². The highest BCUT2D eigenvalue weighted by molar-refractivity contribution is 9.10. The molecule has 0 saturated heterocycles. The summed E-state index contributed by atoms with van der Waals surface area (Å²) >= 11 is 3.40. The summed E-state index contributed by atoms with van der Waals surface area (Å²) in [5, 5.41) is 2.80. The van der Waals surface area contributed by atoms with Gasteiger partial charge in [-0.15, -0.1) is 0 Å². The molecule has 3 aromatic rings. The monoisotopic (exact) mass is 502 g/mol. The van der Waals surface area contributed by atoms with Crippen LogP contribution in [0.1, 0.15) is 11.1 Å². The Morgan fingerprint density at radius 1 is 1.03 bits per heavy atom. The summed E-state index contributed by atoms with van der Waals surface area (Å²) in [5.41, 5.74) is 2.14. The highest BCUT2D eigenvalue weighted by atomic mass is 79.9. The van der Waals surface area contributed by atoms with Gasteiger partial charge in [-0.05, 0) is 64.7 Å². The number of hydrogen-bond donors (Lipinski definition) is 2. The third-order valence-electron chi connectivity index (χ3n) is 4.64. The zero-order valence-electron chi connectivity index (χ0n) is 17.1. The number of para-hydroxylation sites is 1. The van der Waals surface area contributed by atoms with Crippen LogP contribution < -0.4 is 14.8 Å².